The van der Waals surface area contributed by atoms with E-state index in [1.807, 2.05) is 0 Å². The van der Waals surface area contributed by atoms with Crippen LogP contribution in [-0.2, 0) is 9.53 Å². The standard InChI is InChI=1S/C10H9FO3/c11-6-9(12)7-14-10(13)8-4-2-1-3-5-8/h1-5H,6-7H2. The predicted molar refractivity (Wildman–Crippen MR) is 47.7 cm³/mol. The Morgan fingerprint density at radius 2 is 1.86 bits per heavy atom. The third-order valence-electron chi connectivity index (χ3n) is 1.52. The van der Waals surface area contributed by atoms with Crippen LogP contribution in [-0.4, -0.2) is 25.0 Å². The first-order valence-corrected chi connectivity index (χ1v) is 4.04. The van der Waals surface area contributed by atoms with Gasteiger partial charge in [0, 0.05) is 0 Å². The summed E-state index contributed by atoms with van der Waals surface area (Å²) in [5.74, 6) is -1.36. The summed E-state index contributed by atoms with van der Waals surface area (Å²) in [6.45, 7) is -1.62. The summed E-state index contributed by atoms with van der Waals surface area (Å²) < 4.78 is 16.3. The maximum Gasteiger partial charge on any atom is 0.338 e. The molecule has 0 atom stereocenters. The molecule has 14 heavy (non-hydrogen) atoms. The lowest BCUT2D eigenvalue weighted by atomic mass is 10.2. The molecule has 0 aliphatic heterocycles. The van der Waals surface area contributed by atoms with Crippen LogP contribution in [0, 0.1) is 0 Å². The smallest absolute Gasteiger partial charge is 0.338 e. The lowest BCUT2D eigenvalue weighted by molar-refractivity contribution is -0.122. The van der Waals surface area contributed by atoms with Crippen LogP contribution in [0.3, 0.4) is 0 Å². The molecule has 0 heterocycles. The van der Waals surface area contributed by atoms with Gasteiger partial charge in [0.25, 0.3) is 0 Å². The fraction of sp³-hybridized carbons (Fsp3) is 0.200. The lowest BCUT2D eigenvalue weighted by Gasteiger charge is -2.01. The van der Waals surface area contributed by atoms with Crippen molar-refractivity contribution >= 4 is 11.8 Å². The van der Waals surface area contributed by atoms with Gasteiger partial charge in [-0.3, -0.25) is 4.79 Å². The minimum Gasteiger partial charge on any atom is -0.454 e. The quantitative estimate of drug-likeness (QED) is 0.683. The third kappa shape index (κ3) is 2.97. The van der Waals surface area contributed by atoms with Gasteiger partial charge in [0.05, 0.1) is 5.56 Å². The van der Waals surface area contributed by atoms with Crippen molar-refractivity contribution in [3.63, 3.8) is 0 Å². The second-order valence-electron chi connectivity index (χ2n) is 2.61. The number of rotatable bonds is 4. The first kappa shape index (κ1) is 10.4. The minimum absolute atomic E-state index is 0.346. The van der Waals surface area contributed by atoms with Gasteiger partial charge >= 0.3 is 5.97 Å². The van der Waals surface area contributed by atoms with E-state index >= 15 is 0 Å². The van der Waals surface area contributed by atoms with E-state index in [0.29, 0.717) is 5.56 Å². The van der Waals surface area contributed by atoms with Crippen molar-refractivity contribution in [3.8, 4) is 0 Å². The zero-order valence-corrected chi connectivity index (χ0v) is 7.40. The Kier molecular flexibility index (Phi) is 3.79. The Morgan fingerprint density at radius 3 is 2.43 bits per heavy atom. The van der Waals surface area contributed by atoms with Crippen LogP contribution in [0.25, 0.3) is 0 Å². The summed E-state index contributed by atoms with van der Waals surface area (Å²) in [5.41, 5.74) is 0.346. The summed E-state index contributed by atoms with van der Waals surface area (Å²) in [6.07, 6.45) is 0. The molecular weight excluding hydrogens is 187 g/mol. The van der Waals surface area contributed by atoms with Crippen molar-refractivity contribution < 1.29 is 18.7 Å². The van der Waals surface area contributed by atoms with Crippen molar-refractivity contribution in [2.75, 3.05) is 13.3 Å². The third-order valence-corrected chi connectivity index (χ3v) is 1.52. The van der Waals surface area contributed by atoms with E-state index in [4.69, 9.17) is 0 Å². The van der Waals surface area contributed by atoms with Gasteiger partial charge < -0.3 is 4.74 Å². The van der Waals surface area contributed by atoms with Crippen LogP contribution in [0.15, 0.2) is 30.3 Å². The van der Waals surface area contributed by atoms with Crippen LogP contribution in [0.1, 0.15) is 10.4 Å². The Balaban J connectivity index is 2.48. The van der Waals surface area contributed by atoms with Crippen LogP contribution in [0.2, 0.25) is 0 Å². The van der Waals surface area contributed by atoms with Gasteiger partial charge in [-0.2, -0.15) is 0 Å². The molecule has 1 rings (SSSR count). The second-order valence-corrected chi connectivity index (χ2v) is 2.61. The van der Waals surface area contributed by atoms with Crippen LogP contribution in [0.4, 0.5) is 4.39 Å². The van der Waals surface area contributed by atoms with Crippen LogP contribution in [0.5, 0.6) is 0 Å². The molecule has 0 fully saturated rings. The number of ketones is 1. The van der Waals surface area contributed by atoms with E-state index in [-0.39, 0.29) is 0 Å². The SMILES string of the molecule is O=C(CF)COC(=O)c1ccccc1. The highest BCUT2D eigenvalue weighted by atomic mass is 19.1. The number of carbonyl (C=O) groups is 2. The minimum atomic E-state index is -1.11. The van der Waals surface area contributed by atoms with E-state index in [2.05, 4.69) is 4.74 Å². The van der Waals surface area contributed by atoms with Crippen molar-refractivity contribution in [2.24, 2.45) is 0 Å². The topological polar surface area (TPSA) is 43.4 Å². The van der Waals surface area contributed by atoms with E-state index < -0.39 is 25.0 Å². The highest BCUT2D eigenvalue weighted by Gasteiger charge is 2.08. The van der Waals surface area contributed by atoms with Crippen molar-refractivity contribution in [2.45, 2.75) is 0 Å². The number of hydrogen-bond donors (Lipinski definition) is 0. The number of hydrogen-bond acceptors (Lipinski definition) is 3. The predicted octanol–water partition coefficient (Wildman–Crippen LogP) is 1.38. The number of halogens is 1. The van der Waals surface area contributed by atoms with Gasteiger partial charge in [-0.05, 0) is 12.1 Å². The molecule has 0 bridgehead atoms. The normalized spacial score (nSPS) is 9.50. The van der Waals surface area contributed by atoms with Gasteiger partial charge in [0.15, 0.2) is 13.3 Å². The summed E-state index contributed by atoms with van der Waals surface area (Å²) in [5, 5.41) is 0. The molecule has 0 aliphatic carbocycles. The molecule has 0 aliphatic rings. The molecule has 74 valence electrons. The van der Waals surface area contributed by atoms with Crippen LogP contribution >= 0.6 is 0 Å². The molecule has 1 aromatic rings. The molecule has 0 saturated carbocycles. The summed E-state index contributed by atoms with van der Waals surface area (Å²) in [6, 6.07) is 8.22. The number of Topliss-reactive ketones (excluding diaryl/α,β-unsaturated/α-hetero) is 1. The molecule has 3 nitrogen and oxygen atoms in total. The fourth-order valence-corrected chi connectivity index (χ4v) is 0.842. The molecule has 0 unspecified atom stereocenters. The summed E-state index contributed by atoms with van der Waals surface area (Å²) in [4.78, 5) is 21.7. The number of alkyl halides is 1. The van der Waals surface area contributed by atoms with E-state index in [1.54, 1.807) is 30.3 Å². The number of ether oxygens (including phenoxy) is 1. The fourth-order valence-electron chi connectivity index (χ4n) is 0.842. The molecule has 0 saturated heterocycles. The molecule has 0 amide bonds. The Morgan fingerprint density at radius 1 is 1.21 bits per heavy atom. The van der Waals surface area contributed by atoms with E-state index in [1.165, 1.54) is 0 Å². The van der Waals surface area contributed by atoms with Gasteiger partial charge in [-0.1, -0.05) is 18.2 Å². The monoisotopic (exact) mass is 196 g/mol. The number of benzene rings is 1. The average molecular weight is 196 g/mol. The molecular formula is C10H9FO3. The van der Waals surface area contributed by atoms with Crippen LogP contribution < -0.4 is 0 Å². The molecule has 0 aromatic heterocycles. The zero-order chi connectivity index (χ0) is 10.4. The highest BCUT2D eigenvalue weighted by molar-refractivity contribution is 5.91. The van der Waals surface area contributed by atoms with E-state index in [0.717, 1.165) is 0 Å². The average Bonchev–Trinajstić information content (AvgIpc) is 2.26. The maximum absolute atomic E-state index is 11.7. The largest absolute Gasteiger partial charge is 0.454 e. The van der Waals surface area contributed by atoms with Gasteiger partial charge in [0.2, 0.25) is 5.78 Å². The Hall–Kier alpha value is -1.71. The zero-order valence-electron chi connectivity index (χ0n) is 7.40. The van der Waals surface area contributed by atoms with Crippen molar-refractivity contribution in [1.82, 2.24) is 0 Å². The molecule has 0 radical (unpaired) electrons. The molecule has 0 N–H and O–H groups in total. The first-order chi connectivity index (χ1) is 6.74. The maximum atomic E-state index is 11.7. The van der Waals surface area contributed by atoms with Gasteiger partial charge in [-0.25, -0.2) is 9.18 Å². The van der Waals surface area contributed by atoms with Crippen molar-refractivity contribution in [3.05, 3.63) is 35.9 Å². The van der Waals surface area contributed by atoms with Crippen molar-refractivity contribution in [1.29, 1.82) is 0 Å². The molecule has 0 spiro atoms. The number of esters is 1. The second kappa shape index (κ2) is 5.11. The highest BCUT2D eigenvalue weighted by Crippen LogP contribution is 2.00. The summed E-state index contributed by atoms with van der Waals surface area (Å²) in [7, 11) is 0. The molecule has 1 aromatic carbocycles. The van der Waals surface area contributed by atoms with Gasteiger partial charge in [-0.15, -0.1) is 0 Å². The lowest BCUT2D eigenvalue weighted by Crippen LogP contribution is -2.14. The van der Waals surface area contributed by atoms with Gasteiger partial charge in [0.1, 0.15) is 0 Å². The summed E-state index contributed by atoms with van der Waals surface area (Å²) >= 11 is 0. The number of carbonyl (C=O) groups excluding carboxylic acids is 2. The van der Waals surface area contributed by atoms with E-state index in [9.17, 15) is 14.0 Å². The Bertz CT molecular complexity index is 321. The first-order valence-electron chi connectivity index (χ1n) is 4.04. The molecule has 4 heteroatoms. The Labute approximate surface area is 80.5 Å².